The van der Waals surface area contributed by atoms with Crippen LogP contribution in [0.5, 0.6) is 0 Å². The van der Waals surface area contributed by atoms with Crippen molar-refractivity contribution in [2.75, 3.05) is 13.1 Å². The van der Waals surface area contributed by atoms with Crippen molar-refractivity contribution in [3.05, 3.63) is 63.0 Å². The molecule has 34 heavy (non-hydrogen) atoms. The third-order valence-electron chi connectivity index (χ3n) is 6.90. The lowest BCUT2D eigenvalue weighted by Gasteiger charge is -2.28. The molecule has 1 atom stereocenters. The molecule has 5 rings (SSSR count). The summed E-state index contributed by atoms with van der Waals surface area (Å²) in [5, 5.41) is 3.35. The average Bonchev–Trinajstić information content (AvgIpc) is 3.56. The van der Waals surface area contributed by atoms with Crippen LogP contribution in [0.1, 0.15) is 65.2 Å². The molecule has 1 aliphatic carbocycles. The maximum absolute atomic E-state index is 13.5. The Morgan fingerprint density at radius 2 is 1.88 bits per heavy atom. The number of carbonyl (C=O) groups excluding carboxylic acids is 2. The highest BCUT2D eigenvalue weighted by Crippen LogP contribution is 2.31. The molecule has 2 amide bonds. The van der Waals surface area contributed by atoms with E-state index in [1.807, 2.05) is 17.9 Å². The molecule has 2 aromatic heterocycles. The predicted octanol–water partition coefficient (Wildman–Crippen LogP) is 3.85. The summed E-state index contributed by atoms with van der Waals surface area (Å²) in [4.78, 5) is 46.3. The van der Waals surface area contributed by atoms with E-state index in [1.54, 1.807) is 0 Å². The third-order valence-corrected chi connectivity index (χ3v) is 8.09. The van der Waals surface area contributed by atoms with Crippen LogP contribution in [0, 0.1) is 6.92 Å². The highest BCUT2D eigenvalue weighted by Gasteiger charge is 2.27. The van der Waals surface area contributed by atoms with Crippen LogP contribution in [0.15, 0.2) is 41.5 Å². The van der Waals surface area contributed by atoms with Crippen molar-refractivity contribution < 1.29 is 9.59 Å². The fraction of sp³-hybridized carbons (Fsp3) is 0.462. The zero-order valence-electron chi connectivity index (χ0n) is 19.5. The molecule has 7 nitrogen and oxygen atoms in total. The van der Waals surface area contributed by atoms with E-state index in [4.69, 9.17) is 0 Å². The van der Waals surface area contributed by atoms with Gasteiger partial charge in [0.15, 0.2) is 0 Å². The van der Waals surface area contributed by atoms with Crippen molar-refractivity contribution >= 4 is 33.4 Å². The van der Waals surface area contributed by atoms with Gasteiger partial charge in [0.2, 0.25) is 5.91 Å². The summed E-state index contributed by atoms with van der Waals surface area (Å²) in [6, 6.07) is 10.8. The number of thiophene rings is 1. The lowest BCUT2D eigenvalue weighted by atomic mass is 9.89. The number of carbonyl (C=O) groups is 2. The van der Waals surface area contributed by atoms with E-state index in [2.05, 4.69) is 34.6 Å². The van der Waals surface area contributed by atoms with E-state index in [-0.39, 0.29) is 30.0 Å². The Kier molecular flexibility index (Phi) is 6.50. The van der Waals surface area contributed by atoms with Crippen molar-refractivity contribution in [3.8, 4) is 0 Å². The number of amides is 2. The normalized spacial score (nSPS) is 19.0. The number of benzene rings is 1. The van der Waals surface area contributed by atoms with Gasteiger partial charge in [-0.05, 0) is 56.1 Å². The van der Waals surface area contributed by atoms with Gasteiger partial charge >= 0.3 is 0 Å². The van der Waals surface area contributed by atoms with Crippen LogP contribution < -0.4 is 10.9 Å². The van der Waals surface area contributed by atoms with Gasteiger partial charge in [0.25, 0.3) is 11.5 Å². The molecule has 1 saturated carbocycles. The van der Waals surface area contributed by atoms with Crippen LogP contribution in [-0.4, -0.2) is 45.4 Å². The van der Waals surface area contributed by atoms with Crippen LogP contribution in [0.2, 0.25) is 0 Å². The lowest BCUT2D eigenvalue weighted by molar-refractivity contribution is -0.121. The van der Waals surface area contributed by atoms with Crippen molar-refractivity contribution in [2.45, 2.75) is 64.0 Å². The molecule has 1 saturated heterocycles. The van der Waals surface area contributed by atoms with E-state index >= 15 is 0 Å². The Bertz CT molecular complexity index is 1260. The Labute approximate surface area is 202 Å². The van der Waals surface area contributed by atoms with Crippen LogP contribution in [-0.2, 0) is 11.3 Å². The Morgan fingerprint density at radius 3 is 2.65 bits per heavy atom. The van der Waals surface area contributed by atoms with Gasteiger partial charge in [-0.1, -0.05) is 36.8 Å². The number of hydrogen-bond donors (Lipinski definition) is 1. The zero-order valence-corrected chi connectivity index (χ0v) is 20.3. The summed E-state index contributed by atoms with van der Waals surface area (Å²) in [5.74, 6) is 0.256. The number of rotatable bonds is 5. The lowest BCUT2D eigenvalue weighted by Crippen LogP contribution is -2.35. The van der Waals surface area contributed by atoms with Crippen molar-refractivity contribution in [3.63, 3.8) is 0 Å². The molecule has 1 aliphatic heterocycles. The first kappa shape index (κ1) is 22.8. The number of aryl methyl sites for hydroxylation is 1. The summed E-state index contributed by atoms with van der Waals surface area (Å²) in [6.07, 6.45) is 7.55. The number of likely N-dealkylation sites (tertiary alicyclic amines) is 1. The van der Waals surface area contributed by atoms with Gasteiger partial charge in [-0.2, -0.15) is 0 Å². The first-order chi connectivity index (χ1) is 16.5. The quantitative estimate of drug-likeness (QED) is 0.604. The van der Waals surface area contributed by atoms with Crippen LogP contribution >= 0.6 is 11.3 Å². The van der Waals surface area contributed by atoms with Crippen LogP contribution in [0.25, 0.3) is 10.2 Å². The monoisotopic (exact) mass is 478 g/mol. The van der Waals surface area contributed by atoms with Gasteiger partial charge < -0.3 is 10.2 Å². The van der Waals surface area contributed by atoms with Crippen molar-refractivity contribution in [1.82, 2.24) is 19.8 Å². The van der Waals surface area contributed by atoms with Crippen molar-refractivity contribution in [2.24, 2.45) is 0 Å². The Morgan fingerprint density at radius 1 is 1.09 bits per heavy atom. The molecular formula is C26H30N4O3S. The molecule has 0 spiro atoms. The fourth-order valence-corrected chi connectivity index (χ4v) is 5.91. The van der Waals surface area contributed by atoms with Crippen LogP contribution in [0.3, 0.4) is 0 Å². The molecule has 8 heteroatoms. The third kappa shape index (κ3) is 4.78. The number of nitrogens with zero attached hydrogens (tertiary/aromatic N) is 3. The molecule has 1 N–H and O–H groups in total. The molecule has 178 valence electrons. The first-order valence-electron chi connectivity index (χ1n) is 12.1. The second kappa shape index (κ2) is 9.70. The molecule has 3 aromatic rings. The predicted molar refractivity (Wildman–Crippen MR) is 133 cm³/mol. The summed E-state index contributed by atoms with van der Waals surface area (Å²) in [7, 11) is 0. The van der Waals surface area contributed by atoms with Gasteiger partial charge in [0.05, 0.1) is 16.6 Å². The Hall–Kier alpha value is -3.00. The van der Waals surface area contributed by atoms with Gasteiger partial charge in [-0.25, -0.2) is 4.98 Å². The minimum Gasteiger partial charge on any atom is -0.352 e. The Balaban J connectivity index is 1.36. The summed E-state index contributed by atoms with van der Waals surface area (Å²) in [5.41, 5.74) is 1.74. The number of nitrogens with one attached hydrogen (secondary N) is 1. The maximum Gasteiger partial charge on any atom is 0.264 e. The highest BCUT2D eigenvalue weighted by atomic mass is 32.1. The molecular weight excluding hydrogens is 448 g/mol. The van der Waals surface area contributed by atoms with Gasteiger partial charge in [0, 0.05) is 19.1 Å². The molecule has 1 unspecified atom stereocenters. The van der Waals surface area contributed by atoms with E-state index in [1.165, 1.54) is 27.8 Å². The van der Waals surface area contributed by atoms with E-state index in [9.17, 15) is 14.4 Å². The molecule has 2 fully saturated rings. The maximum atomic E-state index is 13.5. The standard InChI is InChI=1S/C26H30N4O3S/c1-17-22-24(27-16-30(25(22)32)15-21(31)28-20-10-11-20)34-23(17)26(33)29-13-6-5-9-19(12-14-29)18-7-3-2-4-8-18/h2-4,7-8,16,19-20H,5-6,9-15H2,1H3,(H,28,31). The average molecular weight is 479 g/mol. The molecule has 0 bridgehead atoms. The number of aromatic nitrogens is 2. The minimum absolute atomic E-state index is 0.0216. The second-order valence-electron chi connectivity index (χ2n) is 9.44. The van der Waals surface area contributed by atoms with E-state index in [0.717, 1.165) is 45.1 Å². The zero-order chi connectivity index (χ0) is 23.7. The smallest absolute Gasteiger partial charge is 0.264 e. The van der Waals surface area contributed by atoms with Crippen molar-refractivity contribution in [1.29, 1.82) is 0 Å². The SMILES string of the molecule is Cc1c(C(=O)N2CCCCC(c3ccccc3)CC2)sc2ncn(CC(=O)NC3CC3)c(=O)c12. The van der Waals surface area contributed by atoms with E-state index in [0.29, 0.717) is 33.1 Å². The fourth-order valence-electron chi connectivity index (χ4n) is 4.80. The summed E-state index contributed by atoms with van der Waals surface area (Å²) in [6.45, 7) is 3.20. The van der Waals surface area contributed by atoms with Crippen LogP contribution in [0.4, 0.5) is 0 Å². The van der Waals surface area contributed by atoms with Gasteiger partial charge in [-0.3, -0.25) is 19.0 Å². The highest BCUT2D eigenvalue weighted by molar-refractivity contribution is 7.20. The van der Waals surface area contributed by atoms with Gasteiger partial charge in [-0.15, -0.1) is 11.3 Å². The molecule has 0 radical (unpaired) electrons. The first-order valence-corrected chi connectivity index (χ1v) is 12.9. The summed E-state index contributed by atoms with van der Waals surface area (Å²) >= 11 is 1.28. The van der Waals surface area contributed by atoms with E-state index < -0.39 is 0 Å². The largest absolute Gasteiger partial charge is 0.352 e. The second-order valence-corrected chi connectivity index (χ2v) is 10.4. The molecule has 1 aromatic carbocycles. The number of hydrogen-bond acceptors (Lipinski definition) is 5. The molecule has 2 aliphatic rings. The number of fused-ring (bicyclic) bond motifs is 1. The minimum atomic E-state index is -0.263. The van der Waals surface area contributed by atoms with Gasteiger partial charge in [0.1, 0.15) is 11.4 Å². The summed E-state index contributed by atoms with van der Waals surface area (Å²) < 4.78 is 1.34. The topological polar surface area (TPSA) is 84.3 Å². The molecule has 3 heterocycles.